The number of rotatable bonds is 3. The van der Waals surface area contributed by atoms with Gasteiger partial charge in [0.2, 0.25) is 11.8 Å². The third-order valence-electron chi connectivity index (χ3n) is 4.33. The molecule has 0 bridgehead atoms. The van der Waals surface area contributed by atoms with Crippen LogP contribution in [0.15, 0.2) is 0 Å². The first kappa shape index (κ1) is 16.2. The van der Waals surface area contributed by atoms with Crippen LogP contribution in [0, 0.1) is 5.92 Å². The Morgan fingerprint density at radius 2 is 2.05 bits per heavy atom. The summed E-state index contributed by atoms with van der Waals surface area (Å²) in [6, 6.07) is -0.272. The largest absolute Gasteiger partial charge is 0.369 e. The summed E-state index contributed by atoms with van der Waals surface area (Å²) in [5.41, 5.74) is 5.33. The molecule has 3 N–H and O–H groups in total. The van der Waals surface area contributed by atoms with Gasteiger partial charge in [0, 0.05) is 31.6 Å². The van der Waals surface area contributed by atoms with Gasteiger partial charge >= 0.3 is 0 Å². The number of nitrogens with zero attached hydrogens (tertiary/aromatic N) is 1. The summed E-state index contributed by atoms with van der Waals surface area (Å²) in [4.78, 5) is 25.4. The zero-order valence-corrected chi connectivity index (χ0v) is 13.1. The van der Waals surface area contributed by atoms with Gasteiger partial charge in [-0.2, -0.15) is 0 Å². The lowest BCUT2D eigenvalue weighted by Gasteiger charge is -2.38. The SMILES string of the molecule is CC1CCC(C(N)=O)CN1C(=O)CC1CS(=O)(=O)CCN1. The Labute approximate surface area is 125 Å². The lowest BCUT2D eigenvalue weighted by molar-refractivity contribution is -0.138. The van der Waals surface area contributed by atoms with Crippen molar-refractivity contribution < 1.29 is 18.0 Å². The van der Waals surface area contributed by atoms with Gasteiger partial charge in [-0.25, -0.2) is 8.42 Å². The molecular formula is C13H23N3O4S. The molecule has 0 spiro atoms. The number of hydrogen-bond donors (Lipinski definition) is 2. The fourth-order valence-corrected chi connectivity index (χ4v) is 4.46. The van der Waals surface area contributed by atoms with E-state index >= 15 is 0 Å². The van der Waals surface area contributed by atoms with Crippen molar-refractivity contribution in [2.24, 2.45) is 11.7 Å². The van der Waals surface area contributed by atoms with E-state index in [1.807, 2.05) is 6.92 Å². The number of hydrogen-bond acceptors (Lipinski definition) is 5. The number of sulfone groups is 1. The monoisotopic (exact) mass is 317 g/mol. The van der Waals surface area contributed by atoms with Gasteiger partial charge < -0.3 is 16.0 Å². The van der Waals surface area contributed by atoms with E-state index in [9.17, 15) is 18.0 Å². The number of nitrogens with one attached hydrogen (secondary N) is 1. The molecule has 0 aliphatic carbocycles. The highest BCUT2D eigenvalue weighted by atomic mass is 32.2. The van der Waals surface area contributed by atoms with E-state index < -0.39 is 9.84 Å². The Morgan fingerprint density at radius 1 is 1.33 bits per heavy atom. The minimum atomic E-state index is -3.05. The van der Waals surface area contributed by atoms with Crippen LogP contribution in [0.2, 0.25) is 0 Å². The molecule has 2 fully saturated rings. The van der Waals surface area contributed by atoms with Crippen molar-refractivity contribution >= 4 is 21.7 Å². The third-order valence-corrected chi connectivity index (χ3v) is 6.06. The van der Waals surface area contributed by atoms with Crippen molar-refractivity contribution in [2.75, 3.05) is 24.6 Å². The first-order valence-electron chi connectivity index (χ1n) is 7.31. The number of nitrogens with two attached hydrogens (primary N) is 1. The maximum absolute atomic E-state index is 12.4. The summed E-state index contributed by atoms with van der Waals surface area (Å²) >= 11 is 0. The second-order valence-electron chi connectivity index (χ2n) is 6.04. The molecule has 3 atom stereocenters. The van der Waals surface area contributed by atoms with Gasteiger partial charge in [-0.05, 0) is 19.8 Å². The van der Waals surface area contributed by atoms with Crippen LogP contribution in [0.25, 0.3) is 0 Å². The average Bonchev–Trinajstić information content (AvgIpc) is 2.37. The van der Waals surface area contributed by atoms with Crippen molar-refractivity contribution in [3.8, 4) is 0 Å². The molecule has 2 saturated heterocycles. The van der Waals surface area contributed by atoms with Crippen molar-refractivity contribution in [1.29, 1.82) is 0 Å². The number of likely N-dealkylation sites (tertiary alicyclic amines) is 1. The van der Waals surface area contributed by atoms with Crippen LogP contribution >= 0.6 is 0 Å². The summed E-state index contributed by atoms with van der Waals surface area (Å²) in [6.45, 7) is 2.68. The van der Waals surface area contributed by atoms with Crippen LogP contribution in [0.1, 0.15) is 26.2 Å². The maximum Gasteiger partial charge on any atom is 0.224 e. The van der Waals surface area contributed by atoms with Gasteiger partial charge in [-0.3, -0.25) is 9.59 Å². The Bertz CT molecular complexity index is 520. The summed E-state index contributed by atoms with van der Waals surface area (Å²) < 4.78 is 23.2. The standard InChI is InChI=1S/C13H23N3O4S/c1-9-2-3-10(13(14)18)7-16(9)12(17)6-11-8-21(19,20)5-4-15-11/h9-11,15H,2-8H2,1H3,(H2,14,18). The highest BCUT2D eigenvalue weighted by Crippen LogP contribution is 2.23. The number of piperidine rings is 1. The summed E-state index contributed by atoms with van der Waals surface area (Å²) in [5, 5.41) is 3.08. The van der Waals surface area contributed by atoms with Gasteiger partial charge in [0.05, 0.1) is 17.4 Å². The smallest absolute Gasteiger partial charge is 0.224 e. The van der Waals surface area contributed by atoms with E-state index in [-0.39, 0.29) is 47.7 Å². The van der Waals surface area contributed by atoms with Gasteiger partial charge in [0.1, 0.15) is 0 Å². The quantitative estimate of drug-likeness (QED) is 0.685. The molecule has 0 aromatic heterocycles. The fraction of sp³-hybridized carbons (Fsp3) is 0.846. The first-order chi connectivity index (χ1) is 9.78. The van der Waals surface area contributed by atoms with Gasteiger partial charge in [-0.15, -0.1) is 0 Å². The van der Waals surface area contributed by atoms with Crippen molar-refractivity contribution in [3.63, 3.8) is 0 Å². The summed E-state index contributed by atoms with van der Waals surface area (Å²) in [6.07, 6.45) is 1.60. The molecule has 2 aliphatic rings. The van der Waals surface area contributed by atoms with Crippen LogP contribution in [-0.2, 0) is 19.4 Å². The third kappa shape index (κ3) is 4.16. The van der Waals surface area contributed by atoms with E-state index in [1.165, 1.54) is 0 Å². The minimum absolute atomic E-state index is 0.000207. The molecule has 2 heterocycles. The maximum atomic E-state index is 12.4. The normalized spacial score (nSPS) is 32.6. The van der Waals surface area contributed by atoms with Crippen molar-refractivity contribution in [3.05, 3.63) is 0 Å². The highest BCUT2D eigenvalue weighted by molar-refractivity contribution is 7.91. The van der Waals surface area contributed by atoms with Crippen LogP contribution in [0.4, 0.5) is 0 Å². The molecule has 0 aromatic rings. The molecule has 0 aromatic carbocycles. The molecule has 8 heteroatoms. The second-order valence-corrected chi connectivity index (χ2v) is 8.27. The van der Waals surface area contributed by atoms with Crippen LogP contribution < -0.4 is 11.1 Å². The first-order valence-corrected chi connectivity index (χ1v) is 9.13. The van der Waals surface area contributed by atoms with Gasteiger partial charge in [0.15, 0.2) is 9.84 Å². The van der Waals surface area contributed by atoms with Crippen molar-refractivity contribution in [1.82, 2.24) is 10.2 Å². The lowest BCUT2D eigenvalue weighted by Crippen LogP contribution is -2.52. The Hall–Kier alpha value is -1.15. The Balaban J connectivity index is 1.96. The van der Waals surface area contributed by atoms with Gasteiger partial charge in [0.25, 0.3) is 0 Å². The van der Waals surface area contributed by atoms with Crippen LogP contribution in [0.5, 0.6) is 0 Å². The van der Waals surface area contributed by atoms with E-state index in [0.29, 0.717) is 19.5 Å². The molecule has 2 rings (SSSR count). The number of amides is 2. The van der Waals surface area contributed by atoms with E-state index in [2.05, 4.69) is 5.32 Å². The zero-order valence-electron chi connectivity index (χ0n) is 12.2. The van der Waals surface area contributed by atoms with Crippen molar-refractivity contribution in [2.45, 2.75) is 38.3 Å². The minimum Gasteiger partial charge on any atom is -0.369 e. The van der Waals surface area contributed by atoms with Crippen LogP contribution in [0.3, 0.4) is 0 Å². The Kier molecular flexibility index (Phi) is 4.88. The van der Waals surface area contributed by atoms with Crippen LogP contribution in [-0.4, -0.2) is 61.8 Å². The second kappa shape index (κ2) is 6.31. The predicted octanol–water partition coefficient (Wildman–Crippen LogP) is -1.12. The molecule has 21 heavy (non-hydrogen) atoms. The highest BCUT2D eigenvalue weighted by Gasteiger charge is 2.34. The molecular weight excluding hydrogens is 294 g/mol. The lowest BCUT2D eigenvalue weighted by atomic mass is 9.92. The molecule has 120 valence electrons. The number of carbonyl (C=O) groups excluding carboxylic acids is 2. The van der Waals surface area contributed by atoms with E-state index in [1.54, 1.807) is 4.90 Å². The Morgan fingerprint density at radius 3 is 2.67 bits per heavy atom. The van der Waals surface area contributed by atoms with E-state index in [0.717, 1.165) is 6.42 Å². The molecule has 3 unspecified atom stereocenters. The molecule has 0 radical (unpaired) electrons. The van der Waals surface area contributed by atoms with Gasteiger partial charge in [-0.1, -0.05) is 0 Å². The van der Waals surface area contributed by atoms with E-state index in [4.69, 9.17) is 5.73 Å². The molecule has 7 nitrogen and oxygen atoms in total. The number of primary amides is 1. The molecule has 0 saturated carbocycles. The molecule has 2 amide bonds. The zero-order chi connectivity index (χ0) is 15.6. The predicted molar refractivity (Wildman–Crippen MR) is 78.2 cm³/mol. The topological polar surface area (TPSA) is 110 Å². The number of carbonyl (C=O) groups is 2. The molecule has 2 aliphatic heterocycles. The fourth-order valence-electron chi connectivity index (χ4n) is 3.01. The average molecular weight is 317 g/mol. The summed E-state index contributed by atoms with van der Waals surface area (Å²) in [5.74, 6) is -0.656. The summed E-state index contributed by atoms with van der Waals surface area (Å²) in [7, 11) is -3.05.